The van der Waals surface area contributed by atoms with Crippen LogP contribution in [0.4, 0.5) is 5.69 Å². The maximum absolute atomic E-state index is 9.26. The number of hydrogen-bond acceptors (Lipinski definition) is 4. The van der Waals surface area contributed by atoms with Crippen LogP contribution in [0, 0.1) is 11.3 Å². The molecule has 17 heavy (non-hydrogen) atoms. The van der Waals surface area contributed by atoms with Crippen molar-refractivity contribution in [1.82, 2.24) is 4.98 Å². The lowest BCUT2D eigenvalue weighted by Gasteiger charge is -2.18. The fraction of sp³-hybridized carbons (Fsp3) is 0.500. The highest BCUT2D eigenvalue weighted by Crippen LogP contribution is 2.28. The van der Waals surface area contributed by atoms with Gasteiger partial charge in [0.25, 0.3) is 0 Å². The summed E-state index contributed by atoms with van der Waals surface area (Å²) in [7, 11) is 2.77. The fourth-order valence-corrected chi connectivity index (χ4v) is 4.01. The number of rotatable bonds is 4. The van der Waals surface area contributed by atoms with Crippen molar-refractivity contribution in [1.29, 1.82) is 5.26 Å². The number of hydrogen-bond donors (Lipinski definition) is 0. The molecular formula is C12H19N3SSi. The zero-order valence-corrected chi connectivity index (χ0v) is 12.9. The molecule has 0 radical (unpaired) electrons. The number of anilines is 1. The molecule has 1 aromatic rings. The summed E-state index contributed by atoms with van der Waals surface area (Å²) in [6.45, 7) is 6.96. The summed E-state index contributed by atoms with van der Waals surface area (Å²) in [4.78, 5) is 6.29. The molecule has 5 heteroatoms. The summed E-state index contributed by atoms with van der Waals surface area (Å²) in [6, 6.07) is 4.16. The quantitative estimate of drug-likeness (QED) is 0.620. The first-order valence-electron chi connectivity index (χ1n) is 5.54. The normalized spacial score (nSPS) is 11.1. The number of pyridine rings is 1. The highest BCUT2D eigenvalue weighted by Gasteiger charge is 2.17. The Hall–Kier alpha value is -0.993. The van der Waals surface area contributed by atoms with Crippen LogP contribution in [-0.2, 0) is 0 Å². The van der Waals surface area contributed by atoms with Crippen molar-refractivity contribution in [3.63, 3.8) is 0 Å². The predicted octanol–water partition coefficient (Wildman–Crippen LogP) is 2.99. The van der Waals surface area contributed by atoms with Crippen molar-refractivity contribution in [2.45, 2.75) is 24.7 Å². The monoisotopic (exact) mass is 265 g/mol. The molecule has 1 rings (SSSR count). The van der Waals surface area contributed by atoms with Crippen molar-refractivity contribution in [2.24, 2.45) is 0 Å². The van der Waals surface area contributed by atoms with Crippen LogP contribution >= 0.6 is 11.8 Å². The van der Waals surface area contributed by atoms with Crippen LogP contribution in [0.2, 0.25) is 19.6 Å². The van der Waals surface area contributed by atoms with Crippen LogP contribution in [0.5, 0.6) is 0 Å². The van der Waals surface area contributed by atoms with Crippen LogP contribution in [0.1, 0.15) is 5.56 Å². The molecule has 0 aliphatic heterocycles. The summed E-state index contributed by atoms with van der Waals surface area (Å²) in [5, 5.41) is 11.2. The topological polar surface area (TPSA) is 39.9 Å². The minimum atomic E-state index is -1.12. The Labute approximate surface area is 109 Å². The molecule has 0 spiro atoms. The van der Waals surface area contributed by atoms with Gasteiger partial charge in [-0.05, 0) is 11.4 Å². The van der Waals surface area contributed by atoms with Crippen molar-refractivity contribution >= 4 is 25.5 Å². The molecular weight excluding hydrogens is 246 g/mol. The zero-order chi connectivity index (χ0) is 13.1. The summed E-state index contributed by atoms with van der Waals surface area (Å²) in [5.41, 5.74) is 1.64. The number of thioether (sulfide) groups is 1. The van der Waals surface area contributed by atoms with E-state index >= 15 is 0 Å². The number of aromatic nitrogens is 1. The molecule has 0 aliphatic carbocycles. The molecule has 3 nitrogen and oxygen atoms in total. The Morgan fingerprint density at radius 3 is 2.53 bits per heavy atom. The van der Waals surface area contributed by atoms with E-state index in [1.165, 1.54) is 0 Å². The van der Waals surface area contributed by atoms with Crippen molar-refractivity contribution in [3.8, 4) is 6.07 Å². The van der Waals surface area contributed by atoms with Crippen molar-refractivity contribution in [3.05, 3.63) is 17.8 Å². The summed E-state index contributed by atoms with van der Waals surface area (Å²) in [6.07, 6.45) is 1.78. The van der Waals surface area contributed by atoms with Crippen LogP contribution in [-0.4, -0.2) is 32.5 Å². The van der Waals surface area contributed by atoms with Gasteiger partial charge >= 0.3 is 0 Å². The highest BCUT2D eigenvalue weighted by atomic mass is 32.2. The lowest BCUT2D eigenvalue weighted by Crippen LogP contribution is -2.24. The van der Waals surface area contributed by atoms with E-state index in [9.17, 15) is 5.26 Å². The summed E-state index contributed by atoms with van der Waals surface area (Å²) >= 11 is 1.71. The van der Waals surface area contributed by atoms with Crippen LogP contribution in [0.15, 0.2) is 17.3 Å². The molecule has 0 atom stereocenters. The van der Waals surface area contributed by atoms with Crippen molar-refractivity contribution in [2.75, 3.05) is 24.4 Å². The molecule has 0 unspecified atom stereocenters. The molecule has 0 fully saturated rings. The van der Waals surface area contributed by atoms with E-state index < -0.39 is 8.07 Å². The molecule has 0 amide bonds. The largest absolute Gasteiger partial charge is 0.376 e. The average molecular weight is 265 g/mol. The molecule has 92 valence electrons. The molecule has 0 bridgehead atoms. The first kappa shape index (κ1) is 14.1. The van der Waals surface area contributed by atoms with Gasteiger partial charge in [-0.3, -0.25) is 0 Å². The fourth-order valence-electron chi connectivity index (χ4n) is 1.31. The second-order valence-electron chi connectivity index (χ2n) is 5.37. The Bertz CT molecular complexity index is 432. The molecule has 0 saturated heterocycles. The third-order valence-electron chi connectivity index (χ3n) is 2.13. The van der Waals surface area contributed by atoms with Gasteiger partial charge < -0.3 is 4.90 Å². The minimum absolute atomic E-state index is 0.695. The summed E-state index contributed by atoms with van der Waals surface area (Å²) in [5.74, 6) is 0. The van der Waals surface area contributed by atoms with Gasteiger partial charge in [0.1, 0.15) is 16.7 Å². The standard InChI is InChI=1S/C12H19N3SSi/c1-15(2)11-6-7-14-12(10(11)8-13)16-9-17(3,4)5/h6-7H,9H2,1-5H3. The third-order valence-corrected chi connectivity index (χ3v) is 6.75. The smallest absolute Gasteiger partial charge is 0.116 e. The van der Waals surface area contributed by atoms with Gasteiger partial charge in [-0.2, -0.15) is 5.26 Å². The van der Waals surface area contributed by atoms with E-state index in [0.717, 1.165) is 16.1 Å². The molecule has 1 aromatic heterocycles. The van der Waals surface area contributed by atoms with Crippen LogP contribution in [0.3, 0.4) is 0 Å². The second kappa shape index (κ2) is 5.56. The Morgan fingerprint density at radius 1 is 1.41 bits per heavy atom. The predicted molar refractivity (Wildman–Crippen MR) is 77.3 cm³/mol. The van der Waals surface area contributed by atoms with E-state index in [1.807, 2.05) is 25.1 Å². The number of nitriles is 1. The highest BCUT2D eigenvalue weighted by molar-refractivity contribution is 8.00. The lowest BCUT2D eigenvalue weighted by atomic mass is 10.2. The van der Waals surface area contributed by atoms with E-state index in [-0.39, 0.29) is 0 Å². The van der Waals surface area contributed by atoms with Crippen LogP contribution < -0.4 is 4.90 Å². The maximum Gasteiger partial charge on any atom is 0.116 e. The summed E-state index contributed by atoms with van der Waals surface area (Å²) < 4.78 is 0. The minimum Gasteiger partial charge on any atom is -0.376 e. The van der Waals surface area contributed by atoms with Gasteiger partial charge in [-0.1, -0.05) is 19.6 Å². The molecule has 0 aromatic carbocycles. The first-order chi connectivity index (χ1) is 7.85. The lowest BCUT2D eigenvalue weighted by molar-refractivity contribution is 1.05. The van der Waals surface area contributed by atoms with Gasteiger partial charge in [0.05, 0.1) is 13.8 Å². The molecule has 1 heterocycles. The molecule has 0 N–H and O–H groups in total. The van der Waals surface area contributed by atoms with E-state index in [0.29, 0.717) is 5.56 Å². The van der Waals surface area contributed by atoms with Gasteiger partial charge in [-0.25, -0.2) is 4.98 Å². The van der Waals surface area contributed by atoms with Gasteiger partial charge in [0.15, 0.2) is 0 Å². The Kier molecular flexibility index (Phi) is 4.60. The SMILES string of the molecule is CN(C)c1ccnc(SC[Si](C)(C)C)c1C#N. The van der Waals surface area contributed by atoms with Gasteiger partial charge in [0.2, 0.25) is 0 Å². The molecule has 0 aliphatic rings. The van der Waals surface area contributed by atoms with E-state index in [1.54, 1.807) is 18.0 Å². The Morgan fingerprint density at radius 2 is 2.06 bits per heavy atom. The number of nitrogens with zero attached hydrogens (tertiary/aromatic N) is 3. The average Bonchev–Trinajstić information content (AvgIpc) is 2.24. The first-order valence-corrected chi connectivity index (χ1v) is 10.2. The Balaban J connectivity index is 3.01. The van der Waals surface area contributed by atoms with E-state index in [2.05, 4.69) is 30.7 Å². The van der Waals surface area contributed by atoms with Crippen molar-refractivity contribution < 1.29 is 0 Å². The third kappa shape index (κ3) is 4.06. The van der Waals surface area contributed by atoms with Gasteiger partial charge in [-0.15, -0.1) is 11.8 Å². The maximum atomic E-state index is 9.26. The van der Waals surface area contributed by atoms with E-state index in [4.69, 9.17) is 0 Å². The second-order valence-corrected chi connectivity index (χ2v) is 12.3. The zero-order valence-electron chi connectivity index (χ0n) is 11.1. The van der Waals surface area contributed by atoms with Crippen LogP contribution in [0.25, 0.3) is 0 Å². The molecule has 0 saturated carbocycles. The van der Waals surface area contributed by atoms with Gasteiger partial charge in [0, 0.05) is 20.3 Å².